The van der Waals surface area contributed by atoms with Crippen molar-refractivity contribution in [3.05, 3.63) is 143 Å². The molecule has 46 heavy (non-hydrogen) atoms. The fraction of sp³-hybridized carbons (Fsp3) is 0.229. The summed E-state index contributed by atoms with van der Waals surface area (Å²) >= 11 is 0. The first-order valence-corrected chi connectivity index (χ1v) is 16.4. The van der Waals surface area contributed by atoms with E-state index in [-0.39, 0.29) is 45.2 Å². The third-order valence-corrected chi connectivity index (χ3v) is 8.12. The number of hydrogen-bond donors (Lipinski definition) is 2. The number of carbonyl (C=O) groups is 3. The van der Waals surface area contributed by atoms with Gasteiger partial charge in [-0.25, -0.2) is 9.59 Å². The summed E-state index contributed by atoms with van der Waals surface area (Å²) in [7, 11) is -4.18. The fourth-order valence-corrected chi connectivity index (χ4v) is 5.29. The Labute approximate surface area is 267 Å². The van der Waals surface area contributed by atoms with Gasteiger partial charge in [-0.2, -0.15) is 0 Å². The molecule has 0 fully saturated rings. The number of benzene rings is 4. The minimum Gasteiger partial charge on any atom is -0.461 e. The maximum atomic E-state index is 12.9. The molecule has 2 unspecified atom stereocenters. The predicted molar refractivity (Wildman–Crippen MR) is 170 cm³/mol. The summed E-state index contributed by atoms with van der Waals surface area (Å²) in [5.41, 5.74) is 3.72. The number of carbonyl (C=O) groups excluding carboxylic acids is 3. The van der Waals surface area contributed by atoms with Gasteiger partial charge in [0.15, 0.2) is 0 Å². The van der Waals surface area contributed by atoms with Crippen molar-refractivity contribution in [3.63, 3.8) is 0 Å². The molecule has 1 amide bonds. The zero-order chi connectivity index (χ0) is 32.6. The maximum Gasteiger partial charge on any atom is 0.408 e. The van der Waals surface area contributed by atoms with Crippen molar-refractivity contribution in [2.75, 3.05) is 6.16 Å². The Balaban J connectivity index is 1.26. The van der Waals surface area contributed by atoms with Crippen molar-refractivity contribution in [1.82, 2.24) is 5.32 Å². The summed E-state index contributed by atoms with van der Waals surface area (Å²) in [5.74, 6) is -1.15. The third-order valence-electron chi connectivity index (χ3n) is 6.76. The van der Waals surface area contributed by atoms with Gasteiger partial charge in [-0.15, -0.1) is 0 Å². The van der Waals surface area contributed by atoms with E-state index in [2.05, 4.69) is 5.32 Å². The van der Waals surface area contributed by atoms with E-state index in [1.807, 2.05) is 42.5 Å². The predicted octanol–water partition coefficient (Wildman–Crippen LogP) is 6.10. The van der Waals surface area contributed by atoms with E-state index in [1.54, 1.807) is 72.8 Å². The molecule has 11 heteroatoms. The molecule has 0 aromatic heterocycles. The van der Waals surface area contributed by atoms with Gasteiger partial charge in [-0.05, 0) is 34.2 Å². The molecule has 4 rings (SSSR count). The van der Waals surface area contributed by atoms with Crippen LogP contribution in [-0.2, 0) is 65.7 Å². The SMILES string of the molecule is O=C(Cc1ccc(COP(=O)(O)CCC(NC(=O)OCc2ccccc2)C(=O)OCc2ccccc2)cc1)OCc1ccccc1. The van der Waals surface area contributed by atoms with Crippen LogP contribution in [0.15, 0.2) is 115 Å². The summed E-state index contributed by atoms with van der Waals surface area (Å²) in [6, 6.07) is 32.9. The number of rotatable bonds is 16. The Bertz CT molecular complexity index is 1580. The Morgan fingerprint density at radius 2 is 1.07 bits per heavy atom. The molecule has 0 aliphatic carbocycles. The average Bonchev–Trinajstić information content (AvgIpc) is 3.08. The second-order valence-corrected chi connectivity index (χ2v) is 12.4. The van der Waals surface area contributed by atoms with Crippen LogP contribution in [-0.4, -0.2) is 35.1 Å². The fourth-order valence-electron chi connectivity index (χ4n) is 4.23. The van der Waals surface area contributed by atoms with Crippen LogP contribution in [0.1, 0.15) is 34.2 Å². The molecule has 0 aliphatic heterocycles. The zero-order valence-electron chi connectivity index (χ0n) is 25.2. The molecule has 4 aromatic carbocycles. The lowest BCUT2D eigenvalue weighted by Gasteiger charge is -2.19. The van der Waals surface area contributed by atoms with E-state index in [1.165, 1.54) is 0 Å². The van der Waals surface area contributed by atoms with E-state index in [0.717, 1.165) is 22.3 Å². The molecule has 10 nitrogen and oxygen atoms in total. The quantitative estimate of drug-likeness (QED) is 0.0841. The van der Waals surface area contributed by atoms with Gasteiger partial charge in [0.1, 0.15) is 25.9 Å². The van der Waals surface area contributed by atoms with E-state index >= 15 is 0 Å². The molecular weight excluding hydrogens is 609 g/mol. The van der Waals surface area contributed by atoms with Crippen LogP contribution in [0, 0.1) is 0 Å². The molecule has 240 valence electrons. The van der Waals surface area contributed by atoms with Gasteiger partial charge < -0.3 is 28.9 Å². The first kappa shape index (κ1) is 34.1. The van der Waals surface area contributed by atoms with Crippen molar-refractivity contribution in [2.24, 2.45) is 0 Å². The summed E-state index contributed by atoms with van der Waals surface area (Å²) < 4.78 is 34.1. The lowest BCUT2D eigenvalue weighted by molar-refractivity contribution is -0.147. The van der Waals surface area contributed by atoms with Crippen LogP contribution in [0.5, 0.6) is 0 Å². The summed E-state index contributed by atoms with van der Waals surface area (Å²) in [4.78, 5) is 48.1. The van der Waals surface area contributed by atoms with Crippen molar-refractivity contribution >= 4 is 25.6 Å². The molecule has 0 heterocycles. The number of alkyl carbamates (subject to hydrolysis) is 1. The molecule has 0 aliphatic rings. The van der Waals surface area contributed by atoms with E-state index < -0.39 is 31.9 Å². The van der Waals surface area contributed by atoms with E-state index in [4.69, 9.17) is 18.7 Å². The smallest absolute Gasteiger partial charge is 0.408 e. The van der Waals surface area contributed by atoms with Crippen molar-refractivity contribution in [3.8, 4) is 0 Å². The molecule has 4 aromatic rings. The van der Waals surface area contributed by atoms with Crippen molar-refractivity contribution in [2.45, 2.75) is 45.3 Å². The summed E-state index contributed by atoms with van der Waals surface area (Å²) in [6.45, 7) is -0.0474. The summed E-state index contributed by atoms with van der Waals surface area (Å²) in [6.07, 6.45) is -1.45. The molecule has 2 atom stereocenters. The Hall–Kier alpha value is -4.76. The molecule has 0 spiro atoms. The van der Waals surface area contributed by atoms with Crippen LogP contribution in [0.4, 0.5) is 4.79 Å². The monoisotopic (exact) mass is 645 g/mol. The zero-order valence-corrected chi connectivity index (χ0v) is 26.1. The van der Waals surface area contributed by atoms with Crippen LogP contribution >= 0.6 is 7.60 Å². The lowest BCUT2D eigenvalue weighted by Crippen LogP contribution is -2.42. The van der Waals surface area contributed by atoms with Gasteiger partial charge in [0.25, 0.3) is 0 Å². The highest BCUT2D eigenvalue weighted by Crippen LogP contribution is 2.43. The number of hydrogen-bond acceptors (Lipinski definition) is 8. The highest BCUT2D eigenvalue weighted by atomic mass is 31.2. The van der Waals surface area contributed by atoms with E-state index in [9.17, 15) is 23.8 Å². The lowest BCUT2D eigenvalue weighted by atomic mass is 10.1. The molecule has 0 saturated carbocycles. The van der Waals surface area contributed by atoms with Crippen LogP contribution < -0.4 is 5.32 Å². The molecular formula is C35H36NO9P. The van der Waals surface area contributed by atoms with E-state index in [0.29, 0.717) is 5.56 Å². The van der Waals surface area contributed by atoms with Crippen LogP contribution in [0.2, 0.25) is 0 Å². The number of nitrogens with one attached hydrogen (secondary N) is 1. The van der Waals surface area contributed by atoms with Gasteiger partial charge in [-0.3, -0.25) is 9.36 Å². The average molecular weight is 646 g/mol. The summed E-state index contributed by atoms with van der Waals surface area (Å²) in [5, 5.41) is 2.45. The Kier molecular flexibility index (Phi) is 13.1. The van der Waals surface area contributed by atoms with Gasteiger partial charge in [0, 0.05) is 0 Å². The molecule has 0 bridgehead atoms. The first-order valence-electron chi connectivity index (χ1n) is 14.7. The van der Waals surface area contributed by atoms with Crippen molar-refractivity contribution < 1.29 is 42.6 Å². The second-order valence-electron chi connectivity index (χ2n) is 10.4. The van der Waals surface area contributed by atoms with Crippen molar-refractivity contribution in [1.29, 1.82) is 0 Å². The van der Waals surface area contributed by atoms with Gasteiger partial charge in [0.2, 0.25) is 0 Å². The topological polar surface area (TPSA) is 137 Å². The van der Waals surface area contributed by atoms with Gasteiger partial charge in [-0.1, -0.05) is 115 Å². The molecule has 2 N–H and O–H groups in total. The third kappa shape index (κ3) is 12.3. The molecule has 0 radical (unpaired) electrons. The number of ether oxygens (including phenoxy) is 3. The normalized spacial score (nSPS) is 12.7. The minimum absolute atomic E-state index is 0.0201. The Morgan fingerprint density at radius 3 is 1.61 bits per heavy atom. The minimum atomic E-state index is -4.18. The maximum absolute atomic E-state index is 12.9. The van der Waals surface area contributed by atoms with Crippen LogP contribution in [0.3, 0.4) is 0 Å². The highest BCUT2D eigenvalue weighted by molar-refractivity contribution is 7.52. The number of amides is 1. The highest BCUT2D eigenvalue weighted by Gasteiger charge is 2.28. The first-order chi connectivity index (χ1) is 22.3. The van der Waals surface area contributed by atoms with Gasteiger partial charge >= 0.3 is 25.6 Å². The second kappa shape index (κ2) is 17.7. The standard InChI is InChI=1S/C35H36NO9P/c37-33(42-23-28-10-4-1-5-11-28)22-27-16-18-31(19-17-27)26-45-46(40,41)21-20-32(34(38)43-24-29-12-6-2-7-13-29)36-35(39)44-25-30-14-8-3-9-15-30/h1-19,32H,20-26H2,(H,36,39)(H,40,41). The Morgan fingerprint density at radius 1 is 0.609 bits per heavy atom. The largest absolute Gasteiger partial charge is 0.461 e. The molecule has 0 saturated heterocycles. The number of esters is 2. The van der Waals surface area contributed by atoms with Crippen LogP contribution in [0.25, 0.3) is 0 Å². The van der Waals surface area contributed by atoms with Gasteiger partial charge in [0.05, 0.1) is 19.2 Å².